The smallest absolute Gasteiger partial charge is 0.123 e. The second kappa shape index (κ2) is 9.40. The molecule has 0 spiro atoms. The number of unbranched alkanes of at least 4 members (excludes halogenated alkanes) is 1. The van der Waals surface area contributed by atoms with Gasteiger partial charge in [0.25, 0.3) is 0 Å². The Kier molecular flexibility index (Phi) is 8.10. The number of benzene rings is 1. The van der Waals surface area contributed by atoms with Crippen LogP contribution in [0.3, 0.4) is 0 Å². The van der Waals surface area contributed by atoms with E-state index in [2.05, 4.69) is 19.2 Å². The van der Waals surface area contributed by atoms with Crippen molar-refractivity contribution in [2.24, 2.45) is 0 Å². The highest BCUT2D eigenvalue weighted by Crippen LogP contribution is 2.20. The van der Waals surface area contributed by atoms with E-state index in [9.17, 15) is 4.39 Å². The molecule has 0 aliphatic heterocycles. The maximum Gasteiger partial charge on any atom is 0.123 e. The second-order valence-corrected chi connectivity index (χ2v) is 5.65. The Hall–Kier alpha value is -0.540. The number of nitrogens with one attached hydrogen (secondary N) is 1. The van der Waals surface area contributed by atoms with Crippen molar-refractivity contribution in [2.45, 2.75) is 50.5 Å². The van der Waals surface area contributed by atoms with Crippen molar-refractivity contribution in [3.63, 3.8) is 0 Å². The molecule has 1 nitrogen and oxygen atoms in total. The van der Waals surface area contributed by atoms with E-state index in [0.29, 0.717) is 6.04 Å². The van der Waals surface area contributed by atoms with E-state index in [0.717, 1.165) is 17.2 Å². The lowest BCUT2D eigenvalue weighted by Crippen LogP contribution is -2.31. The first kappa shape index (κ1) is 15.5. The van der Waals surface area contributed by atoms with Crippen molar-refractivity contribution in [2.75, 3.05) is 12.3 Å². The third-order valence-corrected chi connectivity index (χ3v) is 4.03. The summed E-state index contributed by atoms with van der Waals surface area (Å²) in [6.07, 6.45) is 4.91. The molecule has 0 heterocycles. The van der Waals surface area contributed by atoms with Gasteiger partial charge in [-0.1, -0.05) is 26.7 Å². The summed E-state index contributed by atoms with van der Waals surface area (Å²) in [6, 6.07) is 7.35. The summed E-state index contributed by atoms with van der Waals surface area (Å²) in [6.45, 7) is 5.50. The fourth-order valence-electron chi connectivity index (χ4n) is 1.77. The molecule has 0 amide bonds. The molecular weight excluding hydrogens is 245 g/mol. The molecule has 1 aromatic carbocycles. The molecule has 1 rings (SSSR count). The summed E-state index contributed by atoms with van der Waals surface area (Å²) in [5, 5.41) is 3.59. The number of halogens is 1. The number of rotatable bonds is 9. The number of thioether (sulfide) groups is 1. The number of hydrogen-bond donors (Lipinski definition) is 1. The van der Waals surface area contributed by atoms with Gasteiger partial charge in [0.1, 0.15) is 5.82 Å². The fourth-order valence-corrected chi connectivity index (χ4v) is 2.78. The van der Waals surface area contributed by atoms with E-state index in [-0.39, 0.29) is 5.82 Å². The van der Waals surface area contributed by atoms with Crippen molar-refractivity contribution < 1.29 is 4.39 Å². The van der Waals surface area contributed by atoms with Gasteiger partial charge >= 0.3 is 0 Å². The van der Waals surface area contributed by atoms with Gasteiger partial charge in [0, 0.05) is 16.7 Å². The quantitative estimate of drug-likeness (QED) is 0.664. The minimum absolute atomic E-state index is 0.161. The maximum absolute atomic E-state index is 12.8. The second-order valence-electron chi connectivity index (χ2n) is 4.56. The zero-order valence-electron chi connectivity index (χ0n) is 11.4. The Morgan fingerprint density at radius 1 is 1.17 bits per heavy atom. The van der Waals surface area contributed by atoms with Crippen LogP contribution in [0.5, 0.6) is 0 Å². The van der Waals surface area contributed by atoms with Crippen LogP contribution in [-0.2, 0) is 0 Å². The molecular formula is C15H24FNS. The number of hydrogen-bond acceptors (Lipinski definition) is 2. The Labute approximate surface area is 115 Å². The minimum atomic E-state index is -0.161. The van der Waals surface area contributed by atoms with E-state index in [1.54, 1.807) is 0 Å². The predicted octanol–water partition coefficient (Wildman–Crippen LogP) is 4.48. The van der Waals surface area contributed by atoms with E-state index < -0.39 is 0 Å². The van der Waals surface area contributed by atoms with E-state index >= 15 is 0 Å². The average Bonchev–Trinajstić information content (AvgIpc) is 2.40. The van der Waals surface area contributed by atoms with Crippen molar-refractivity contribution >= 4 is 11.8 Å². The van der Waals surface area contributed by atoms with Gasteiger partial charge in [-0.25, -0.2) is 4.39 Å². The van der Waals surface area contributed by atoms with Crippen LogP contribution in [0.25, 0.3) is 0 Å². The van der Waals surface area contributed by atoms with Crippen LogP contribution in [0.1, 0.15) is 39.5 Å². The highest BCUT2D eigenvalue weighted by molar-refractivity contribution is 7.99. The van der Waals surface area contributed by atoms with Gasteiger partial charge in [0.2, 0.25) is 0 Å². The zero-order chi connectivity index (χ0) is 13.2. The molecule has 0 bridgehead atoms. The van der Waals surface area contributed by atoms with Gasteiger partial charge in [-0.05, 0) is 43.7 Å². The minimum Gasteiger partial charge on any atom is -0.313 e. The maximum atomic E-state index is 12.8. The molecule has 1 unspecified atom stereocenters. The van der Waals surface area contributed by atoms with Crippen LogP contribution in [0, 0.1) is 5.82 Å². The van der Waals surface area contributed by atoms with E-state index in [1.807, 2.05) is 23.9 Å². The van der Waals surface area contributed by atoms with Gasteiger partial charge in [0.05, 0.1) is 0 Å². The standard InChI is InChI=1S/C15H24FNS/c1-3-5-6-14(17-11-4-2)12-18-15-9-7-13(16)8-10-15/h7-10,14,17H,3-6,11-12H2,1-2H3. The zero-order valence-corrected chi connectivity index (χ0v) is 12.2. The summed E-state index contributed by atoms with van der Waals surface area (Å²) in [5.74, 6) is 0.900. The molecule has 1 atom stereocenters. The Morgan fingerprint density at radius 3 is 2.50 bits per heavy atom. The molecule has 0 aromatic heterocycles. The first-order valence-corrected chi connectivity index (χ1v) is 7.86. The van der Waals surface area contributed by atoms with Gasteiger partial charge in [-0.15, -0.1) is 11.8 Å². The van der Waals surface area contributed by atoms with Gasteiger partial charge < -0.3 is 5.32 Å². The summed E-state index contributed by atoms with van der Waals surface area (Å²) in [4.78, 5) is 1.15. The molecule has 0 aliphatic carbocycles. The molecule has 3 heteroatoms. The van der Waals surface area contributed by atoms with Crippen LogP contribution in [-0.4, -0.2) is 18.3 Å². The average molecular weight is 269 g/mol. The fraction of sp³-hybridized carbons (Fsp3) is 0.600. The van der Waals surface area contributed by atoms with Crippen LogP contribution in [0.15, 0.2) is 29.2 Å². The predicted molar refractivity (Wildman–Crippen MR) is 78.7 cm³/mol. The van der Waals surface area contributed by atoms with Gasteiger partial charge in [-0.2, -0.15) is 0 Å². The molecule has 1 N–H and O–H groups in total. The van der Waals surface area contributed by atoms with Gasteiger partial charge in [-0.3, -0.25) is 0 Å². The normalized spacial score (nSPS) is 12.6. The third-order valence-electron chi connectivity index (χ3n) is 2.85. The van der Waals surface area contributed by atoms with Crippen LogP contribution in [0.4, 0.5) is 4.39 Å². The van der Waals surface area contributed by atoms with Crippen molar-refractivity contribution in [3.8, 4) is 0 Å². The van der Waals surface area contributed by atoms with Crippen LogP contribution >= 0.6 is 11.8 Å². The van der Waals surface area contributed by atoms with E-state index in [1.165, 1.54) is 37.8 Å². The summed E-state index contributed by atoms with van der Waals surface area (Å²) < 4.78 is 12.8. The largest absolute Gasteiger partial charge is 0.313 e. The first-order valence-electron chi connectivity index (χ1n) is 6.88. The summed E-state index contributed by atoms with van der Waals surface area (Å²) in [5.41, 5.74) is 0. The van der Waals surface area contributed by atoms with Crippen LogP contribution in [0.2, 0.25) is 0 Å². The third kappa shape index (κ3) is 6.41. The SMILES string of the molecule is CCCCC(CSc1ccc(F)cc1)NCCC. The molecule has 0 saturated heterocycles. The van der Waals surface area contributed by atoms with Gasteiger partial charge in [0.15, 0.2) is 0 Å². The molecule has 0 radical (unpaired) electrons. The molecule has 1 aromatic rings. The van der Waals surface area contributed by atoms with Crippen molar-refractivity contribution in [1.29, 1.82) is 0 Å². The highest BCUT2D eigenvalue weighted by Gasteiger charge is 2.07. The molecule has 0 aliphatic rings. The lowest BCUT2D eigenvalue weighted by Gasteiger charge is -2.17. The molecule has 0 saturated carbocycles. The highest BCUT2D eigenvalue weighted by atomic mass is 32.2. The van der Waals surface area contributed by atoms with Crippen LogP contribution < -0.4 is 5.32 Å². The first-order chi connectivity index (χ1) is 8.76. The summed E-state index contributed by atoms with van der Waals surface area (Å²) in [7, 11) is 0. The monoisotopic (exact) mass is 269 g/mol. The Balaban J connectivity index is 2.37. The molecule has 102 valence electrons. The lowest BCUT2D eigenvalue weighted by atomic mass is 10.1. The Bertz CT molecular complexity index is 305. The van der Waals surface area contributed by atoms with Crippen molar-refractivity contribution in [1.82, 2.24) is 5.32 Å². The van der Waals surface area contributed by atoms with Crippen molar-refractivity contribution in [3.05, 3.63) is 30.1 Å². The Morgan fingerprint density at radius 2 is 1.89 bits per heavy atom. The molecule has 0 fully saturated rings. The lowest BCUT2D eigenvalue weighted by molar-refractivity contribution is 0.501. The molecule has 18 heavy (non-hydrogen) atoms. The van der Waals surface area contributed by atoms with E-state index in [4.69, 9.17) is 0 Å². The summed E-state index contributed by atoms with van der Waals surface area (Å²) >= 11 is 1.81. The topological polar surface area (TPSA) is 12.0 Å².